The molecule has 0 saturated carbocycles. The summed E-state index contributed by atoms with van der Waals surface area (Å²) in [7, 11) is 1.92. The van der Waals surface area contributed by atoms with Crippen molar-refractivity contribution in [1.82, 2.24) is 24.5 Å². The molecule has 3 aromatic heterocycles. The molecule has 4 aromatic rings. The number of nitrogens with zero attached hydrogens (tertiary/aromatic N) is 5. The summed E-state index contributed by atoms with van der Waals surface area (Å²) in [5.41, 5.74) is 2.60. The van der Waals surface area contributed by atoms with Crippen molar-refractivity contribution >= 4 is 38.4 Å². The third-order valence-corrected chi connectivity index (χ3v) is 7.33. The fraction of sp³-hybridized carbons (Fsp3) is 0.440. The fourth-order valence-corrected chi connectivity index (χ4v) is 5.59. The summed E-state index contributed by atoms with van der Waals surface area (Å²) in [6, 6.07) is 6.26. The van der Waals surface area contributed by atoms with Gasteiger partial charge in [-0.3, -0.25) is 9.48 Å². The van der Waals surface area contributed by atoms with Crippen molar-refractivity contribution in [2.24, 2.45) is 7.05 Å². The Bertz CT molecular complexity index is 1450. The lowest BCUT2D eigenvalue weighted by Crippen LogP contribution is -2.43. The van der Waals surface area contributed by atoms with Crippen LogP contribution in [0.1, 0.15) is 45.2 Å². The lowest BCUT2D eigenvalue weighted by molar-refractivity contribution is 0.0183. The molecule has 0 aliphatic carbocycles. The number of ether oxygens (including phenoxy) is 1. The number of carbonyl (C=O) groups excluding carboxylic acids is 1. The molecule has 0 unspecified atom stereocenters. The lowest BCUT2D eigenvalue weighted by atomic mass is 10.1. The van der Waals surface area contributed by atoms with Crippen molar-refractivity contribution in [2.45, 2.75) is 52.2 Å². The Morgan fingerprint density at radius 1 is 1.15 bits per heavy atom. The molecule has 1 saturated heterocycles. The van der Waals surface area contributed by atoms with Crippen molar-refractivity contribution < 1.29 is 9.53 Å². The van der Waals surface area contributed by atoms with Gasteiger partial charge in [0.25, 0.3) is 5.56 Å². The molecular weight excluding hydrogens is 450 g/mol. The zero-order chi connectivity index (χ0) is 24.2. The minimum absolute atomic E-state index is 0.0323. The van der Waals surface area contributed by atoms with Gasteiger partial charge in [0, 0.05) is 42.0 Å². The molecule has 178 valence electrons. The quantitative estimate of drug-likeness (QED) is 0.409. The van der Waals surface area contributed by atoms with Crippen molar-refractivity contribution in [3.63, 3.8) is 0 Å². The average molecular weight is 480 g/mol. The largest absolute Gasteiger partial charge is 0.444 e. The van der Waals surface area contributed by atoms with E-state index in [-0.39, 0.29) is 17.7 Å². The summed E-state index contributed by atoms with van der Waals surface area (Å²) < 4.78 is 9.62. The number of amides is 1. The molecule has 5 rings (SSSR count). The summed E-state index contributed by atoms with van der Waals surface area (Å²) >= 11 is 1.51. The number of aromatic nitrogens is 4. The number of aryl methyl sites for hydroxylation is 2. The number of benzene rings is 1. The van der Waals surface area contributed by atoms with Crippen LogP contribution in [0.15, 0.2) is 35.4 Å². The molecule has 34 heavy (non-hydrogen) atoms. The number of hydrogen-bond acceptors (Lipinski definition) is 6. The zero-order valence-electron chi connectivity index (χ0n) is 20.2. The Kier molecular flexibility index (Phi) is 5.47. The first kappa shape index (κ1) is 22.6. The zero-order valence-corrected chi connectivity index (χ0v) is 21.0. The van der Waals surface area contributed by atoms with Crippen LogP contribution < -0.4 is 5.56 Å². The molecule has 0 N–H and O–H groups in total. The van der Waals surface area contributed by atoms with Crippen LogP contribution >= 0.6 is 11.3 Å². The molecule has 1 amide bonds. The second kappa shape index (κ2) is 8.23. The van der Waals surface area contributed by atoms with E-state index in [1.165, 1.54) is 11.3 Å². The average Bonchev–Trinajstić information content (AvgIpc) is 3.37. The van der Waals surface area contributed by atoms with Gasteiger partial charge in [0.1, 0.15) is 10.3 Å². The van der Waals surface area contributed by atoms with Gasteiger partial charge in [0.05, 0.1) is 17.8 Å². The third-order valence-electron chi connectivity index (χ3n) is 6.14. The smallest absolute Gasteiger partial charge is 0.410 e. The van der Waals surface area contributed by atoms with Crippen LogP contribution in [0.2, 0.25) is 0 Å². The van der Waals surface area contributed by atoms with E-state index in [4.69, 9.17) is 4.74 Å². The molecule has 9 heteroatoms. The summed E-state index contributed by atoms with van der Waals surface area (Å²) in [6.45, 7) is 8.74. The molecule has 1 aliphatic heterocycles. The highest BCUT2D eigenvalue weighted by Gasteiger charge is 2.28. The number of thiophene rings is 1. The summed E-state index contributed by atoms with van der Waals surface area (Å²) in [4.78, 5) is 28.5. The minimum Gasteiger partial charge on any atom is -0.444 e. The third kappa shape index (κ3) is 4.20. The maximum Gasteiger partial charge on any atom is 0.410 e. The van der Waals surface area contributed by atoms with E-state index < -0.39 is 5.60 Å². The second-order valence-corrected chi connectivity index (χ2v) is 11.1. The fourth-order valence-electron chi connectivity index (χ4n) is 4.54. The molecule has 8 nitrogen and oxygen atoms in total. The number of fused-ring (bicyclic) bond motifs is 2. The molecule has 1 aliphatic rings. The van der Waals surface area contributed by atoms with Crippen molar-refractivity contribution in [1.29, 1.82) is 0 Å². The Labute approximate surface area is 201 Å². The van der Waals surface area contributed by atoms with E-state index in [1.807, 2.05) is 44.8 Å². The molecule has 1 fully saturated rings. The van der Waals surface area contributed by atoms with Gasteiger partial charge in [0.15, 0.2) is 0 Å². The number of likely N-dealkylation sites (tertiary alicyclic amines) is 1. The number of carbonyl (C=O) groups is 1. The maximum atomic E-state index is 13.4. The van der Waals surface area contributed by atoms with E-state index in [9.17, 15) is 9.59 Å². The Morgan fingerprint density at radius 3 is 2.59 bits per heavy atom. The van der Waals surface area contributed by atoms with Crippen LogP contribution in [-0.2, 0) is 11.8 Å². The van der Waals surface area contributed by atoms with Gasteiger partial charge < -0.3 is 9.64 Å². The van der Waals surface area contributed by atoms with Gasteiger partial charge in [0.2, 0.25) is 0 Å². The van der Waals surface area contributed by atoms with Gasteiger partial charge in [-0.15, -0.1) is 11.3 Å². The predicted octanol–water partition coefficient (Wildman–Crippen LogP) is 4.89. The van der Waals surface area contributed by atoms with E-state index in [1.54, 1.807) is 15.8 Å². The van der Waals surface area contributed by atoms with Gasteiger partial charge in [-0.25, -0.2) is 9.48 Å². The van der Waals surface area contributed by atoms with Crippen molar-refractivity contribution in [3.8, 4) is 10.4 Å². The highest BCUT2D eigenvalue weighted by atomic mass is 32.1. The van der Waals surface area contributed by atoms with Gasteiger partial charge in [-0.2, -0.15) is 10.2 Å². The lowest BCUT2D eigenvalue weighted by Gasteiger charge is -2.33. The number of hydrogen-bond donors (Lipinski definition) is 0. The van der Waals surface area contributed by atoms with E-state index in [0.29, 0.717) is 30.6 Å². The number of rotatable bonds is 2. The van der Waals surface area contributed by atoms with Crippen LogP contribution in [0.4, 0.5) is 4.79 Å². The first-order chi connectivity index (χ1) is 16.1. The predicted molar refractivity (Wildman–Crippen MR) is 134 cm³/mol. The van der Waals surface area contributed by atoms with Crippen LogP contribution in [0.5, 0.6) is 0 Å². The Morgan fingerprint density at radius 2 is 1.88 bits per heavy atom. The van der Waals surface area contributed by atoms with Crippen LogP contribution in [0, 0.1) is 6.92 Å². The molecule has 0 atom stereocenters. The molecule has 4 heterocycles. The minimum atomic E-state index is -0.519. The van der Waals surface area contributed by atoms with E-state index in [0.717, 1.165) is 32.3 Å². The van der Waals surface area contributed by atoms with Crippen LogP contribution in [0.3, 0.4) is 0 Å². The normalized spacial score (nSPS) is 15.4. The standard InChI is InChI=1S/C25H29N5O3S/c1-15-10-16(11-18-14-28(5)27-21(15)18)20-12-17-13-26-30(23(31)22(17)34-20)19-6-8-29(9-7-19)24(32)33-25(2,3)4/h10-14,19H,6-9H2,1-5H3. The summed E-state index contributed by atoms with van der Waals surface area (Å²) in [6.07, 6.45) is 4.84. The van der Waals surface area contributed by atoms with E-state index >= 15 is 0 Å². The first-order valence-corrected chi connectivity index (χ1v) is 12.3. The molecule has 0 bridgehead atoms. The van der Waals surface area contributed by atoms with Gasteiger partial charge in [-0.1, -0.05) is 0 Å². The number of piperidine rings is 1. The second-order valence-electron chi connectivity index (χ2n) is 10.0. The monoisotopic (exact) mass is 479 g/mol. The Hall–Kier alpha value is -3.20. The highest BCUT2D eigenvalue weighted by Crippen LogP contribution is 2.34. The molecular formula is C25H29N5O3S. The Balaban J connectivity index is 1.40. The molecule has 0 radical (unpaired) electrons. The topological polar surface area (TPSA) is 82.3 Å². The van der Waals surface area contributed by atoms with Crippen LogP contribution in [-0.4, -0.2) is 49.2 Å². The SMILES string of the molecule is Cc1cc(-c2cc3cnn(C4CCN(C(=O)OC(C)(C)C)CC4)c(=O)c3s2)cc2cn(C)nc12. The first-order valence-electron chi connectivity index (χ1n) is 11.5. The summed E-state index contributed by atoms with van der Waals surface area (Å²) in [5.74, 6) is 0. The van der Waals surface area contributed by atoms with Crippen molar-refractivity contribution in [3.05, 3.63) is 46.5 Å². The highest BCUT2D eigenvalue weighted by molar-refractivity contribution is 7.22. The van der Waals surface area contributed by atoms with Crippen molar-refractivity contribution in [2.75, 3.05) is 13.1 Å². The van der Waals surface area contributed by atoms with Crippen LogP contribution in [0.25, 0.3) is 31.4 Å². The maximum absolute atomic E-state index is 13.4. The molecule has 1 aromatic carbocycles. The molecule has 0 spiro atoms. The summed E-state index contributed by atoms with van der Waals surface area (Å²) in [5, 5.41) is 11.0. The van der Waals surface area contributed by atoms with E-state index in [2.05, 4.69) is 29.3 Å². The van der Waals surface area contributed by atoms with Gasteiger partial charge in [-0.05, 0) is 69.9 Å². The van der Waals surface area contributed by atoms with Gasteiger partial charge >= 0.3 is 6.09 Å².